The quantitative estimate of drug-likeness (QED) is 0.754. The van der Waals surface area contributed by atoms with Crippen molar-refractivity contribution in [3.63, 3.8) is 0 Å². The van der Waals surface area contributed by atoms with E-state index in [1.54, 1.807) is 10.9 Å². The number of imidazole rings is 1. The molecule has 0 aliphatic rings. The summed E-state index contributed by atoms with van der Waals surface area (Å²) in [7, 11) is 1.96. The van der Waals surface area contributed by atoms with Gasteiger partial charge in [0.25, 0.3) is 0 Å². The van der Waals surface area contributed by atoms with Gasteiger partial charge in [-0.25, -0.2) is 4.98 Å². The number of aryl methyl sites for hydroxylation is 2. The van der Waals surface area contributed by atoms with Crippen LogP contribution in [0.25, 0.3) is 0 Å². The van der Waals surface area contributed by atoms with Gasteiger partial charge in [0.2, 0.25) is 0 Å². The van der Waals surface area contributed by atoms with Crippen molar-refractivity contribution in [1.29, 1.82) is 0 Å². The van der Waals surface area contributed by atoms with Crippen molar-refractivity contribution in [3.05, 3.63) is 30.1 Å². The lowest BCUT2D eigenvalue weighted by atomic mass is 10.4. The number of hydrogen-bond donors (Lipinski definition) is 1. The van der Waals surface area contributed by atoms with Gasteiger partial charge >= 0.3 is 0 Å². The smallest absolute Gasteiger partial charge is 0.130 e. The van der Waals surface area contributed by atoms with Gasteiger partial charge in [0, 0.05) is 25.6 Å². The summed E-state index contributed by atoms with van der Waals surface area (Å²) in [6.07, 6.45) is 5.51. The van der Waals surface area contributed by atoms with Crippen LogP contribution >= 0.6 is 0 Å². The Labute approximate surface area is 82.2 Å². The number of hydrogen-bond acceptors (Lipinski definition) is 3. The fraction of sp³-hybridized carbons (Fsp3) is 0.333. The Kier molecular flexibility index (Phi) is 1.99. The number of anilines is 1. The van der Waals surface area contributed by atoms with Crippen molar-refractivity contribution >= 4 is 5.69 Å². The van der Waals surface area contributed by atoms with Gasteiger partial charge in [-0.15, -0.1) is 0 Å². The second kappa shape index (κ2) is 3.17. The molecule has 0 aliphatic heterocycles. The molecule has 5 heteroatoms. The first-order valence-electron chi connectivity index (χ1n) is 4.42. The van der Waals surface area contributed by atoms with Crippen LogP contribution in [0.3, 0.4) is 0 Å². The van der Waals surface area contributed by atoms with E-state index in [1.165, 1.54) is 0 Å². The molecule has 2 rings (SSSR count). The predicted molar refractivity (Wildman–Crippen MR) is 53.7 cm³/mol. The lowest BCUT2D eigenvalue weighted by molar-refractivity contribution is 0.627. The van der Waals surface area contributed by atoms with E-state index >= 15 is 0 Å². The van der Waals surface area contributed by atoms with E-state index in [0.717, 1.165) is 17.2 Å². The molecule has 0 fully saturated rings. The topological polar surface area (TPSA) is 61.7 Å². The highest BCUT2D eigenvalue weighted by molar-refractivity contribution is 5.39. The maximum atomic E-state index is 5.70. The third-order valence-corrected chi connectivity index (χ3v) is 2.21. The lowest BCUT2D eigenvalue weighted by Crippen LogP contribution is -2.06. The molecule has 0 radical (unpaired) electrons. The highest BCUT2D eigenvalue weighted by atomic mass is 15.3. The van der Waals surface area contributed by atoms with Crippen molar-refractivity contribution in [1.82, 2.24) is 19.3 Å². The van der Waals surface area contributed by atoms with Crippen molar-refractivity contribution < 1.29 is 0 Å². The Morgan fingerprint density at radius 3 is 2.79 bits per heavy atom. The van der Waals surface area contributed by atoms with Gasteiger partial charge in [-0.3, -0.25) is 4.68 Å². The van der Waals surface area contributed by atoms with Gasteiger partial charge in [-0.2, -0.15) is 5.10 Å². The maximum Gasteiger partial charge on any atom is 0.130 e. The van der Waals surface area contributed by atoms with Gasteiger partial charge in [-0.05, 0) is 6.92 Å². The van der Waals surface area contributed by atoms with Crippen LogP contribution in [-0.4, -0.2) is 19.3 Å². The van der Waals surface area contributed by atoms with E-state index in [2.05, 4.69) is 10.1 Å². The van der Waals surface area contributed by atoms with Crippen LogP contribution in [0, 0.1) is 6.92 Å². The average Bonchev–Trinajstić information content (AvgIpc) is 2.63. The Bertz CT molecular complexity index is 420. The monoisotopic (exact) mass is 191 g/mol. The fourth-order valence-electron chi connectivity index (χ4n) is 1.31. The van der Waals surface area contributed by atoms with E-state index in [9.17, 15) is 0 Å². The first kappa shape index (κ1) is 8.80. The molecule has 2 aromatic heterocycles. The molecule has 0 saturated heterocycles. The molecule has 0 saturated carbocycles. The maximum absolute atomic E-state index is 5.70. The molecular weight excluding hydrogens is 178 g/mol. The normalized spacial score (nSPS) is 10.7. The van der Waals surface area contributed by atoms with E-state index in [4.69, 9.17) is 5.73 Å². The Hall–Kier alpha value is -1.78. The molecule has 2 heterocycles. The minimum atomic E-state index is 0.654. The molecule has 5 nitrogen and oxygen atoms in total. The summed E-state index contributed by atoms with van der Waals surface area (Å²) in [5.41, 5.74) is 7.28. The summed E-state index contributed by atoms with van der Waals surface area (Å²) >= 11 is 0. The lowest BCUT2D eigenvalue weighted by Gasteiger charge is -2.00. The summed E-state index contributed by atoms with van der Waals surface area (Å²) in [4.78, 5) is 4.21. The van der Waals surface area contributed by atoms with Crippen molar-refractivity contribution in [2.45, 2.75) is 13.5 Å². The molecule has 0 aromatic carbocycles. The van der Waals surface area contributed by atoms with Crippen molar-refractivity contribution in [2.24, 2.45) is 7.05 Å². The van der Waals surface area contributed by atoms with Crippen LogP contribution in [0.2, 0.25) is 0 Å². The van der Waals surface area contributed by atoms with Gasteiger partial charge in [0.1, 0.15) is 5.82 Å². The average molecular weight is 191 g/mol. The number of aromatic nitrogens is 4. The second-order valence-corrected chi connectivity index (χ2v) is 3.32. The predicted octanol–water partition coefficient (Wildman–Crippen LogP) is 0.556. The number of rotatable bonds is 2. The third-order valence-electron chi connectivity index (χ3n) is 2.21. The Morgan fingerprint density at radius 1 is 1.50 bits per heavy atom. The SMILES string of the molecule is Cc1nn(Cc2nccn2C)cc1N. The molecule has 2 aromatic rings. The van der Waals surface area contributed by atoms with Crippen LogP contribution in [-0.2, 0) is 13.6 Å². The summed E-state index contributed by atoms with van der Waals surface area (Å²) in [6.45, 7) is 2.55. The van der Waals surface area contributed by atoms with Crippen molar-refractivity contribution in [3.8, 4) is 0 Å². The van der Waals surface area contributed by atoms with E-state index in [0.29, 0.717) is 6.54 Å². The second-order valence-electron chi connectivity index (χ2n) is 3.32. The Morgan fingerprint density at radius 2 is 2.29 bits per heavy atom. The van der Waals surface area contributed by atoms with Crippen LogP contribution in [0.15, 0.2) is 18.6 Å². The highest BCUT2D eigenvalue weighted by Gasteiger charge is 2.04. The summed E-state index contributed by atoms with van der Waals surface area (Å²) in [6, 6.07) is 0. The molecule has 0 amide bonds. The van der Waals surface area contributed by atoms with Gasteiger partial charge < -0.3 is 10.3 Å². The highest BCUT2D eigenvalue weighted by Crippen LogP contribution is 2.08. The minimum Gasteiger partial charge on any atom is -0.396 e. The van der Waals surface area contributed by atoms with Crippen LogP contribution in [0.4, 0.5) is 5.69 Å². The van der Waals surface area contributed by atoms with E-state index in [-0.39, 0.29) is 0 Å². The zero-order valence-electron chi connectivity index (χ0n) is 8.31. The van der Waals surface area contributed by atoms with Crippen molar-refractivity contribution in [2.75, 3.05) is 5.73 Å². The Balaban J connectivity index is 2.23. The first-order valence-corrected chi connectivity index (χ1v) is 4.42. The van der Waals surface area contributed by atoms with Gasteiger partial charge in [0.05, 0.1) is 17.9 Å². The number of nitrogen functional groups attached to an aromatic ring is 1. The summed E-state index contributed by atoms with van der Waals surface area (Å²) < 4.78 is 3.76. The largest absolute Gasteiger partial charge is 0.396 e. The molecule has 0 unspecified atom stereocenters. The summed E-state index contributed by atoms with van der Waals surface area (Å²) in [5.74, 6) is 0.965. The standard InChI is InChI=1S/C9H13N5/c1-7-8(10)5-14(12-7)6-9-11-3-4-13(9)2/h3-5H,6,10H2,1-2H3. The van der Waals surface area contributed by atoms with Crippen LogP contribution in [0.1, 0.15) is 11.5 Å². The number of nitrogens with two attached hydrogens (primary N) is 1. The molecule has 14 heavy (non-hydrogen) atoms. The minimum absolute atomic E-state index is 0.654. The van der Waals surface area contributed by atoms with Crippen LogP contribution in [0.5, 0.6) is 0 Å². The molecule has 0 atom stereocenters. The van der Waals surface area contributed by atoms with Gasteiger partial charge in [-0.1, -0.05) is 0 Å². The zero-order valence-corrected chi connectivity index (χ0v) is 8.31. The van der Waals surface area contributed by atoms with E-state index < -0.39 is 0 Å². The number of nitrogens with zero attached hydrogens (tertiary/aromatic N) is 4. The summed E-state index contributed by atoms with van der Waals surface area (Å²) in [5, 5.41) is 4.26. The van der Waals surface area contributed by atoms with Gasteiger partial charge in [0.15, 0.2) is 0 Å². The third kappa shape index (κ3) is 1.48. The van der Waals surface area contributed by atoms with Crippen LogP contribution < -0.4 is 5.73 Å². The molecule has 0 spiro atoms. The molecule has 2 N–H and O–H groups in total. The zero-order chi connectivity index (χ0) is 10.1. The first-order chi connectivity index (χ1) is 6.66. The molecule has 0 aliphatic carbocycles. The van der Waals surface area contributed by atoms with E-state index in [1.807, 2.05) is 30.9 Å². The molecule has 74 valence electrons. The molecule has 0 bridgehead atoms. The molecular formula is C9H13N5. The fourth-order valence-corrected chi connectivity index (χ4v) is 1.31.